The molecule has 0 aliphatic heterocycles. The van der Waals surface area contributed by atoms with Gasteiger partial charge in [-0.2, -0.15) is 0 Å². The van der Waals surface area contributed by atoms with Crippen molar-refractivity contribution in [2.24, 2.45) is 0 Å². The van der Waals surface area contributed by atoms with Gasteiger partial charge in [-0.1, -0.05) is 176 Å². The molecule has 0 saturated heterocycles. The number of anilines is 3. The normalized spacial score (nSPS) is 11.4. The van der Waals surface area contributed by atoms with Gasteiger partial charge in [0.1, 0.15) is 11.2 Å². The summed E-state index contributed by atoms with van der Waals surface area (Å²) in [5.74, 6) is 0. The molecule has 0 atom stereocenters. The summed E-state index contributed by atoms with van der Waals surface area (Å²) >= 11 is 0. The first-order valence-electron chi connectivity index (χ1n) is 19.8. The van der Waals surface area contributed by atoms with E-state index in [1.165, 1.54) is 49.4 Å². The van der Waals surface area contributed by atoms with Crippen molar-refractivity contribution in [2.45, 2.75) is 0 Å². The second-order valence-electron chi connectivity index (χ2n) is 14.9. The van der Waals surface area contributed by atoms with Crippen LogP contribution in [0.1, 0.15) is 0 Å². The third-order valence-electron chi connectivity index (χ3n) is 11.5. The van der Waals surface area contributed by atoms with Crippen molar-refractivity contribution in [1.29, 1.82) is 0 Å². The van der Waals surface area contributed by atoms with Crippen LogP contribution in [-0.4, -0.2) is 0 Å². The van der Waals surface area contributed by atoms with Gasteiger partial charge in [0.2, 0.25) is 0 Å². The zero-order chi connectivity index (χ0) is 38.4. The van der Waals surface area contributed by atoms with Crippen LogP contribution in [0.25, 0.3) is 88.0 Å². The SMILES string of the molecule is c1ccc(-c2cccc3cccc(-c4ccccc4N(c4ccc(-c5cccc6ccccc56)cc4)c4cccc(-c5ccc6oc7ccccc7c6c5)c4)c23)cc1. The second kappa shape index (κ2) is 14.1. The van der Waals surface area contributed by atoms with Crippen LogP contribution in [-0.2, 0) is 0 Å². The van der Waals surface area contributed by atoms with Crippen LogP contribution in [0.4, 0.5) is 17.1 Å². The molecule has 58 heavy (non-hydrogen) atoms. The van der Waals surface area contributed by atoms with Gasteiger partial charge in [-0.3, -0.25) is 0 Å². The number of rotatable bonds is 7. The maximum absolute atomic E-state index is 6.20. The number of fused-ring (bicyclic) bond motifs is 5. The molecule has 0 radical (unpaired) electrons. The zero-order valence-corrected chi connectivity index (χ0v) is 31.7. The van der Waals surface area contributed by atoms with Crippen LogP contribution in [0.2, 0.25) is 0 Å². The van der Waals surface area contributed by atoms with E-state index in [0.717, 1.165) is 55.7 Å². The average molecular weight is 740 g/mol. The van der Waals surface area contributed by atoms with Crippen LogP contribution in [0.5, 0.6) is 0 Å². The van der Waals surface area contributed by atoms with E-state index >= 15 is 0 Å². The van der Waals surface area contributed by atoms with Gasteiger partial charge >= 0.3 is 0 Å². The largest absolute Gasteiger partial charge is 0.456 e. The first-order valence-corrected chi connectivity index (χ1v) is 19.8. The number of para-hydroxylation sites is 2. The van der Waals surface area contributed by atoms with Gasteiger partial charge in [0.15, 0.2) is 0 Å². The number of hydrogen-bond acceptors (Lipinski definition) is 2. The molecule has 0 N–H and O–H groups in total. The Morgan fingerprint density at radius 1 is 0.293 bits per heavy atom. The van der Waals surface area contributed by atoms with Crippen molar-refractivity contribution >= 4 is 60.5 Å². The Morgan fingerprint density at radius 2 is 0.862 bits per heavy atom. The third-order valence-corrected chi connectivity index (χ3v) is 11.5. The van der Waals surface area contributed by atoms with Crippen LogP contribution in [0.3, 0.4) is 0 Å². The molecule has 11 rings (SSSR count). The molecular weight excluding hydrogens is 703 g/mol. The van der Waals surface area contributed by atoms with Gasteiger partial charge in [-0.15, -0.1) is 0 Å². The number of hydrogen-bond donors (Lipinski definition) is 0. The lowest BCUT2D eigenvalue weighted by molar-refractivity contribution is 0.669. The second-order valence-corrected chi connectivity index (χ2v) is 14.9. The number of benzene rings is 10. The summed E-state index contributed by atoms with van der Waals surface area (Å²) in [5.41, 5.74) is 14.5. The molecule has 10 aromatic carbocycles. The Balaban J connectivity index is 1.11. The van der Waals surface area contributed by atoms with Crippen molar-refractivity contribution < 1.29 is 4.42 Å². The van der Waals surface area contributed by atoms with Crippen molar-refractivity contribution in [3.63, 3.8) is 0 Å². The lowest BCUT2D eigenvalue weighted by Crippen LogP contribution is -2.11. The summed E-state index contributed by atoms with van der Waals surface area (Å²) < 4.78 is 6.20. The molecule has 0 aliphatic carbocycles. The number of nitrogens with zero attached hydrogens (tertiary/aromatic N) is 1. The van der Waals surface area contributed by atoms with Gasteiger partial charge < -0.3 is 9.32 Å². The summed E-state index contributed by atoms with van der Waals surface area (Å²) in [6, 6.07) is 80.8. The van der Waals surface area contributed by atoms with Crippen molar-refractivity contribution in [2.75, 3.05) is 4.90 Å². The molecule has 1 heterocycles. The van der Waals surface area contributed by atoms with Gasteiger partial charge in [0, 0.05) is 27.7 Å². The summed E-state index contributed by atoms with van der Waals surface area (Å²) in [5, 5.41) is 7.19. The summed E-state index contributed by atoms with van der Waals surface area (Å²) in [7, 11) is 0. The van der Waals surface area contributed by atoms with E-state index in [-0.39, 0.29) is 0 Å². The van der Waals surface area contributed by atoms with E-state index in [2.05, 4.69) is 217 Å². The smallest absolute Gasteiger partial charge is 0.135 e. The lowest BCUT2D eigenvalue weighted by Gasteiger charge is -2.29. The zero-order valence-electron chi connectivity index (χ0n) is 31.7. The highest BCUT2D eigenvalue weighted by atomic mass is 16.3. The van der Waals surface area contributed by atoms with Crippen molar-refractivity contribution in [3.8, 4) is 44.5 Å². The van der Waals surface area contributed by atoms with Crippen molar-refractivity contribution in [3.05, 3.63) is 224 Å². The Hall–Kier alpha value is -7.68. The maximum Gasteiger partial charge on any atom is 0.135 e. The van der Waals surface area contributed by atoms with E-state index in [1.54, 1.807) is 0 Å². The molecule has 0 spiro atoms. The molecule has 2 heteroatoms. The minimum atomic E-state index is 0.896. The standard InChI is InChI=1S/C56H37NO/c1-2-14-39(15-3-1)48-26-12-18-41-19-13-27-51(56(41)48)49-23-6-8-28-53(49)57(44-33-30-40(31-34-44)47-25-11-17-38-16-4-5-22-46(38)47)45-21-10-20-42(36-45)43-32-35-55-52(37-43)50-24-7-9-29-54(50)58-55/h1-37H. The van der Waals surface area contributed by atoms with Crippen molar-refractivity contribution in [1.82, 2.24) is 0 Å². The lowest BCUT2D eigenvalue weighted by atomic mass is 9.90. The average Bonchev–Trinajstić information content (AvgIpc) is 3.67. The summed E-state index contributed by atoms with van der Waals surface area (Å²) in [6.07, 6.45) is 0. The van der Waals surface area contributed by atoms with Crippen LogP contribution in [0, 0.1) is 0 Å². The highest BCUT2D eigenvalue weighted by Crippen LogP contribution is 2.46. The Morgan fingerprint density at radius 3 is 1.72 bits per heavy atom. The fourth-order valence-electron chi connectivity index (χ4n) is 8.74. The van der Waals surface area contributed by atoms with E-state index in [9.17, 15) is 0 Å². The molecule has 0 bridgehead atoms. The van der Waals surface area contributed by atoms with E-state index < -0.39 is 0 Å². The molecule has 0 aliphatic rings. The van der Waals surface area contributed by atoms with Crippen LogP contribution >= 0.6 is 0 Å². The third kappa shape index (κ3) is 5.82. The van der Waals surface area contributed by atoms with Gasteiger partial charge in [-0.05, 0) is 109 Å². The van der Waals surface area contributed by atoms with E-state index in [0.29, 0.717) is 0 Å². The fraction of sp³-hybridized carbons (Fsp3) is 0. The Labute approximate surface area is 337 Å². The Bertz CT molecular complexity index is 3270. The maximum atomic E-state index is 6.20. The minimum Gasteiger partial charge on any atom is -0.456 e. The molecule has 0 amide bonds. The van der Waals surface area contributed by atoms with Crippen LogP contribution in [0.15, 0.2) is 229 Å². The van der Waals surface area contributed by atoms with E-state index in [1.807, 2.05) is 12.1 Å². The summed E-state index contributed by atoms with van der Waals surface area (Å²) in [6.45, 7) is 0. The molecule has 0 saturated carbocycles. The molecule has 272 valence electrons. The highest BCUT2D eigenvalue weighted by molar-refractivity contribution is 6.09. The molecule has 0 unspecified atom stereocenters. The Kier molecular flexibility index (Phi) is 8.19. The molecular formula is C56H37NO. The molecule has 11 aromatic rings. The van der Waals surface area contributed by atoms with Crippen LogP contribution < -0.4 is 4.90 Å². The van der Waals surface area contributed by atoms with Gasteiger partial charge in [-0.25, -0.2) is 0 Å². The van der Waals surface area contributed by atoms with Gasteiger partial charge in [0.25, 0.3) is 0 Å². The first kappa shape index (κ1) is 33.6. The van der Waals surface area contributed by atoms with E-state index in [4.69, 9.17) is 4.42 Å². The quantitative estimate of drug-likeness (QED) is 0.162. The predicted octanol–water partition coefficient (Wildman–Crippen LogP) is 16.0. The molecule has 0 fully saturated rings. The monoisotopic (exact) mass is 739 g/mol. The molecule has 1 aromatic heterocycles. The first-order chi connectivity index (χ1) is 28.8. The van der Waals surface area contributed by atoms with Gasteiger partial charge in [0.05, 0.1) is 5.69 Å². The highest BCUT2D eigenvalue weighted by Gasteiger charge is 2.21. The summed E-state index contributed by atoms with van der Waals surface area (Å²) in [4.78, 5) is 2.42. The predicted molar refractivity (Wildman–Crippen MR) is 245 cm³/mol. The topological polar surface area (TPSA) is 16.4 Å². The fourth-order valence-corrected chi connectivity index (χ4v) is 8.74. The minimum absolute atomic E-state index is 0.896. The molecule has 2 nitrogen and oxygen atoms in total. The number of furan rings is 1.